The van der Waals surface area contributed by atoms with Crippen molar-refractivity contribution >= 4 is 17.4 Å². The lowest BCUT2D eigenvalue weighted by atomic mass is 9.95. The molecule has 0 atom stereocenters. The van der Waals surface area contributed by atoms with Gasteiger partial charge in [-0.1, -0.05) is 13.8 Å². The average molecular weight is 234 g/mol. The van der Waals surface area contributed by atoms with Gasteiger partial charge in [-0.05, 0) is 11.6 Å². The van der Waals surface area contributed by atoms with Crippen LogP contribution in [0.3, 0.4) is 0 Å². The fraction of sp³-hybridized carbons (Fsp3) is 0.556. The van der Waals surface area contributed by atoms with Gasteiger partial charge in [0.15, 0.2) is 11.6 Å². The van der Waals surface area contributed by atoms with Crippen LogP contribution in [0.5, 0.6) is 0 Å². The second-order valence-corrected chi connectivity index (χ2v) is 4.35. The highest BCUT2D eigenvalue weighted by Crippen LogP contribution is 2.17. The summed E-state index contributed by atoms with van der Waals surface area (Å²) in [6.45, 7) is 4.09. The molecular weight excluding hydrogens is 221 g/mol. The van der Waals surface area contributed by atoms with Crippen molar-refractivity contribution in [3.05, 3.63) is 17.3 Å². The van der Waals surface area contributed by atoms with Crippen molar-refractivity contribution in [1.82, 2.24) is 9.97 Å². The van der Waals surface area contributed by atoms with E-state index in [1.807, 2.05) is 13.8 Å². The van der Waals surface area contributed by atoms with Crippen LogP contribution < -0.4 is 5.32 Å². The van der Waals surface area contributed by atoms with Gasteiger partial charge in [-0.2, -0.15) is 4.98 Å². The summed E-state index contributed by atoms with van der Waals surface area (Å²) in [6.07, 6.45) is 1.00. The molecule has 0 spiro atoms. The molecule has 2 N–H and O–H groups in total. The van der Waals surface area contributed by atoms with Gasteiger partial charge in [-0.25, -0.2) is 9.37 Å². The zero-order valence-electron chi connectivity index (χ0n) is 8.59. The quantitative estimate of drug-likeness (QED) is 0.778. The smallest absolute Gasteiger partial charge is 0.224 e. The van der Waals surface area contributed by atoms with Crippen molar-refractivity contribution in [1.29, 1.82) is 0 Å². The number of aromatic nitrogens is 2. The number of nitrogens with one attached hydrogen (secondary N) is 1. The lowest BCUT2D eigenvalue weighted by Crippen LogP contribution is -2.27. The SMILES string of the molecule is CC(C)(CO)CNc1nc(Cl)ncc1F. The molecule has 0 aliphatic carbocycles. The minimum atomic E-state index is -0.562. The van der Waals surface area contributed by atoms with Gasteiger partial charge in [-0.3, -0.25) is 0 Å². The second-order valence-electron chi connectivity index (χ2n) is 4.01. The van der Waals surface area contributed by atoms with Gasteiger partial charge < -0.3 is 10.4 Å². The molecule has 0 saturated heterocycles. The van der Waals surface area contributed by atoms with E-state index in [4.69, 9.17) is 16.7 Å². The summed E-state index contributed by atoms with van der Waals surface area (Å²) >= 11 is 5.52. The van der Waals surface area contributed by atoms with E-state index in [0.717, 1.165) is 6.20 Å². The Morgan fingerprint density at radius 2 is 2.27 bits per heavy atom. The molecule has 0 amide bonds. The van der Waals surface area contributed by atoms with E-state index < -0.39 is 5.82 Å². The summed E-state index contributed by atoms with van der Waals surface area (Å²) in [4.78, 5) is 7.19. The highest BCUT2D eigenvalue weighted by atomic mass is 35.5. The molecule has 0 fully saturated rings. The number of hydrogen-bond acceptors (Lipinski definition) is 4. The van der Waals surface area contributed by atoms with E-state index in [1.165, 1.54) is 0 Å². The second kappa shape index (κ2) is 4.72. The number of nitrogens with zero attached hydrogens (tertiary/aromatic N) is 2. The Hall–Kier alpha value is -0.940. The minimum Gasteiger partial charge on any atom is -0.396 e. The minimum absolute atomic E-state index is 0.000431. The fourth-order valence-electron chi connectivity index (χ4n) is 0.848. The number of hydrogen-bond donors (Lipinski definition) is 2. The monoisotopic (exact) mass is 233 g/mol. The first-order valence-corrected chi connectivity index (χ1v) is 4.85. The molecule has 0 aliphatic heterocycles. The Kier molecular flexibility index (Phi) is 3.82. The van der Waals surface area contributed by atoms with Gasteiger partial charge in [0.25, 0.3) is 0 Å². The fourth-order valence-corrected chi connectivity index (χ4v) is 0.982. The van der Waals surface area contributed by atoms with Gasteiger partial charge in [-0.15, -0.1) is 0 Å². The van der Waals surface area contributed by atoms with Gasteiger partial charge in [0.2, 0.25) is 5.28 Å². The first kappa shape index (κ1) is 12.1. The molecule has 1 heterocycles. The summed E-state index contributed by atoms with van der Waals surface area (Å²) in [5.41, 5.74) is -0.343. The topological polar surface area (TPSA) is 58.0 Å². The highest BCUT2D eigenvalue weighted by Gasteiger charge is 2.17. The number of rotatable bonds is 4. The average Bonchev–Trinajstić information content (AvgIpc) is 2.20. The molecule has 0 unspecified atom stereocenters. The summed E-state index contributed by atoms with van der Waals surface area (Å²) in [6, 6.07) is 0. The molecule has 1 aromatic rings. The molecule has 0 aromatic carbocycles. The number of aliphatic hydroxyl groups excluding tert-OH is 1. The highest BCUT2D eigenvalue weighted by molar-refractivity contribution is 6.28. The zero-order chi connectivity index (χ0) is 11.5. The molecule has 0 aliphatic rings. The summed E-state index contributed by atoms with van der Waals surface area (Å²) in [7, 11) is 0. The molecule has 0 radical (unpaired) electrons. The number of aliphatic hydroxyl groups is 1. The molecule has 0 saturated carbocycles. The largest absolute Gasteiger partial charge is 0.396 e. The van der Waals surface area contributed by atoms with E-state index in [1.54, 1.807) is 0 Å². The lowest BCUT2D eigenvalue weighted by molar-refractivity contribution is 0.170. The standard InChI is InChI=1S/C9H13ClFN3O/c1-9(2,5-15)4-13-7-6(11)3-12-8(10)14-7/h3,15H,4-5H2,1-2H3,(H,12,13,14). The van der Waals surface area contributed by atoms with Crippen LogP contribution in [0.25, 0.3) is 0 Å². The van der Waals surface area contributed by atoms with Crippen molar-refractivity contribution in [2.75, 3.05) is 18.5 Å². The third-order valence-electron chi connectivity index (χ3n) is 1.88. The van der Waals surface area contributed by atoms with Crippen LogP contribution in [-0.4, -0.2) is 28.2 Å². The summed E-state index contributed by atoms with van der Waals surface area (Å²) in [5.74, 6) is -0.510. The molecule has 1 rings (SSSR count). The maximum atomic E-state index is 13.1. The predicted octanol–water partition coefficient (Wildman–Crippen LogP) is 1.70. The Balaban J connectivity index is 2.69. The normalized spacial score (nSPS) is 11.5. The van der Waals surface area contributed by atoms with Gasteiger partial charge in [0.1, 0.15) is 0 Å². The summed E-state index contributed by atoms with van der Waals surface area (Å²) in [5, 5.41) is 11.8. The first-order chi connectivity index (χ1) is 6.94. The number of anilines is 1. The van der Waals surface area contributed by atoms with Crippen molar-refractivity contribution in [3.63, 3.8) is 0 Å². The van der Waals surface area contributed by atoms with Crippen molar-refractivity contribution in [2.24, 2.45) is 5.41 Å². The Bertz CT molecular complexity index is 346. The number of halogens is 2. The van der Waals surface area contributed by atoms with E-state index in [2.05, 4.69) is 15.3 Å². The van der Waals surface area contributed by atoms with Crippen LogP contribution in [0.15, 0.2) is 6.20 Å². The van der Waals surface area contributed by atoms with Crippen molar-refractivity contribution in [2.45, 2.75) is 13.8 Å². The lowest BCUT2D eigenvalue weighted by Gasteiger charge is -2.22. The van der Waals surface area contributed by atoms with Crippen LogP contribution in [0, 0.1) is 11.2 Å². The maximum absolute atomic E-state index is 13.1. The first-order valence-electron chi connectivity index (χ1n) is 4.47. The summed E-state index contributed by atoms with van der Waals surface area (Å²) < 4.78 is 13.1. The zero-order valence-corrected chi connectivity index (χ0v) is 9.35. The van der Waals surface area contributed by atoms with E-state index in [9.17, 15) is 4.39 Å². The molecule has 4 nitrogen and oxygen atoms in total. The molecule has 84 valence electrons. The molecular formula is C9H13ClFN3O. The van der Waals surface area contributed by atoms with Gasteiger partial charge in [0.05, 0.1) is 6.20 Å². The van der Waals surface area contributed by atoms with Gasteiger partial charge in [0, 0.05) is 18.6 Å². The van der Waals surface area contributed by atoms with Crippen LogP contribution in [0.1, 0.15) is 13.8 Å². The van der Waals surface area contributed by atoms with Crippen LogP contribution in [0.2, 0.25) is 5.28 Å². The van der Waals surface area contributed by atoms with E-state index >= 15 is 0 Å². The van der Waals surface area contributed by atoms with Gasteiger partial charge >= 0.3 is 0 Å². The van der Waals surface area contributed by atoms with Crippen LogP contribution >= 0.6 is 11.6 Å². The third kappa shape index (κ3) is 3.60. The van der Waals surface area contributed by atoms with Crippen molar-refractivity contribution < 1.29 is 9.50 Å². The van der Waals surface area contributed by atoms with E-state index in [-0.39, 0.29) is 23.1 Å². The third-order valence-corrected chi connectivity index (χ3v) is 2.06. The Morgan fingerprint density at radius 1 is 1.60 bits per heavy atom. The van der Waals surface area contributed by atoms with Crippen molar-refractivity contribution in [3.8, 4) is 0 Å². The predicted molar refractivity (Wildman–Crippen MR) is 56.4 cm³/mol. The molecule has 1 aromatic heterocycles. The Labute approximate surface area is 92.5 Å². The molecule has 15 heavy (non-hydrogen) atoms. The van der Waals surface area contributed by atoms with E-state index in [0.29, 0.717) is 6.54 Å². The molecule has 0 bridgehead atoms. The van der Waals surface area contributed by atoms with Crippen LogP contribution in [0.4, 0.5) is 10.2 Å². The van der Waals surface area contributed by atoms with Crippen LogP contribution in [-0.2, 0) is 0 Å². The molecule has 6 heteroatoms. The maximum Gasteiger partial charge on any atom is 0.224 e. The Morgan fingerprint density at radius 3 is 2.87 bits per heavy atom.